The van der Waals surface area contributed by atoms with Gasteiger partial charge in [0.1, 0.15) is 11.5 Å². The number of benzene rings is 1. The van der Waals surface area contributed by atoms with Gasteiger partial charge in [0.2, 0.25) is 0 Å². The predicted octanol–water partition coefficient (Wildman–Crippen LogP) is 3.91. The molecular weight excluding hydrogens is 404 g/mol. The van der Waals surface area contributed by atoms with E-state index in [1.807, 2.05) is 13.8 Å². The van der Waals surface area contributed by atoms with Crippen LogP contribution < -0.4 is 11.1 Å². The van der Waals surface area contributed by atoms with Crippen LogP contribution in [0.4, 0.5) is 0 Å². The van der Waals surface area contributed by atoms with Crippen molar-refractivity contribution in [1.82, 2.24) is 9.13 Å². The van der Waals surface area contributed by atoms with Gasteiger partial charge in [0.25, 0.3) is 11.1 Å². The first-order valence-corrected chi connectivity index (χ1v) is 10.2. The fraction of sp³-hybridized carbons (Fsp3) is 0.304. The molecule has 7 heteroatoms. The van der Waals surface area contributed by atoms with E-state index in [1.54, 1.807) is 48.7 Å². The first-order chi connectivity index (χ1) is 14.2. The monoisotopic (exact) mass is 428 g/mol. The fourth-order valence-corrected chi connectivity index (χ4v) is 4.21. The van der Waals surface area contributed by atoms with Gasteiger partial charge < -0.3 is 19.3 Å². The lowest BCUT2D eigenvalue weighted by molar-refractivity contribution is 0.449. The molecule has 1 aromatic carbocycles. The van der Waals surface area contributed by atoms with Gasteiger partial charge in [-0.3, -0.25) is 9.59 Å². The van der Waals surface area contributed by atoms with Gasteiger partial charge in [-0.2, -0.15) is 0 Å². The molecule has 0 saturated carbocycles. The molecule has 0 bridgehead atoms. The maximum atomic E-state index is 13.4. The molecule has 1 unspecified atom stereocenters. The number of rotatable bonds is 5. The number of aromatic hydroxyl groups is 2. The van der Waals surface area contributed by atoms with Crippen molar-refractivity contribution in [2.45, 2.75) is 46.7 Å². The molecule has 3 rings (SSSR count). The summed E-state index contributed by atoms with van der Waals surface area (Å²) in [6.45, 7) is 8.01. The van der Waals surface area contributed by atoms with Crippen molar-refractivity contribution in [2.75, 3.05) is 0 Å². The molecule has 0 radical (unpaired) electrons. The minimum absolute atomic E-state index is 0.143. The second-order valence-corrected chi connectivity index (χ2v) is 7.67. The molecule has 2 N–H and O–H groups in total. The van der Waals surface area contributed by atoms with Crippen LogP contribution in [0.25, 0.3) is 0 Å². The van der Waals surface area contributed by atoms with E-state index in [-0.39, 0.29) is 28.2 Å². The predicted molar refractivity (Wildman–Crippen MR) is 118 cm³/mol. The quantitative estimate of drug-likeness (QED) is 0.645. The summed E-state index contributed by atoms with van der Waals surface area (Å²) >= 11 is 6.06. The highest BCUT2D eigenvalue weighted by atomic mass is 35.5. The third-order valence-corrected chi connectivity index (χ3v) is 5.78. The highest BCUT2D eigenvalue weighted by molar-refractivity contribution is 6.30. The van der Waals surface area contributed by atoms with Crippen LogP contribution in [0.15, 0.2) is 46.0 Å². The Morgan fingerprint density at radius 1 is 0.900 bits per heavy atom. The van der Waals surface area contributed by atoms with Gasteiger partial charge in [-0.05, 0) is 51.5 Å². The maximum Gasteiger partial charge on any atom is 0.258 e. The SMILES string of the molecule is CCn1c(C)c(C(c2ccc(Cl)cc2)c2c(O)cc(C)n(CC)c2=O)c(O)cc1=O. The van der Waals surface area contributed by atoms with Gasteiger partial charge in [0.15, 0.2) is 0 Å². The number of pyridine rings is 2. The van der Waals surface area contributed by atoms with E-state index in [4.69, 9.17) is 11.6 Å². The Hall–Kier alpha value is -2.99. The van der Waals surface area contributed by atoms with Crippen molar-refractivity contribution in [1.29, 1.82) is 0 Å². The molecule has 0 saturated heterocycles. The van der Waals surface area contributed by atoms with E-state index in [9.17, 15) is 19.8 Å². The zero-order chi connectivity index (χ0) is 22.2. The first-order valence-electron chi connectivity index (χ1n) is 9.83. The lowest BCUT2D eigenvalue weighted by Crippen LogP contribution is -2.29. The highest BCUT2D eigenvalue weighted by Gasteiger charge is 2.30. The van der Waals surface area contributed by atoms with Crippen molar-refractivity contribution in [2.24, 2.45) is 0 Å². The summed E-state index contributed by atoms with van der Waals surface area (Å²) in [5.74, 6) is -1.16. The summed E-state index contributed by atoms with van der Waals surface area (Å²) in [7, 11) is 0. The van der Waals surface area contributed by atoms with Crippen LogP contribution in [-0.4, -0.2) is 19.3 Å². The Morgan fingerprint density at radius 2 is 1.47 bits per heavy atom. The van der Waals surface area contributed by atoms with Crippen molar-refractivity contribution in [3.63, 3.8) is 0 Å². The number of aromatic nitrogens is 2. The Labute approximate surface area is 179 Å². The van der Waals surface area contributed by atoms with E-state index in [2.05, 4.69) is 0 Å². The Kier molecular flexibility index (Phi) is 6.08. The summed E-state index contributed by atoms with van der Waals surface area (Å²) < 4.78 is 3.10. The Bertz CT molecular complexity index is 1210. The molecule has 1 atom stereocenters. The molecule has 0 spiro atoms. The van der Waals surface area contributed by atoms with Gasteiger partial charge in [0.05, 0.1) is 5.56 Å². The molecule has 30 heavy (non-hydrogen) atoms. The zero-order valence-corrected chi connectivity index (χ0v) is 18.2. The number of hydrogen-bond donors (Lipinski definition) is 2. The lowest BCUT2D eigenvalue weighted by Gasteiger charge is -2.25. The summed E-state index contributed by atoms with van der Waals surface area (Å²) in [6, 6.07) is 9.58. The average Bonchev–Trinajstić information content (AvgIpc) is 2.67. The summed E-state index contributed by atoms with van der Waals surface area (Å²) in [6.07, 6.45) is 0. The summed E-state index contributed by atoms with van der Waals surface area (Å²) in [5.41, 5.74) is 1.70. The van der Waals surface area contributed by atoms with Crippen LogP contribution in [0.3, 0.4) is 0 Å². The van der Waals surface area contributed by atoms with Gasteiger partial charge in [-0.15, -0.1) is 0 Å². The third-order valence-electron chi connectivity index (χ3n) is 5.53. The Balaban J connectivity index is 2.46. The van der Waals surface area contributed by atoms with E-state index in [1.165, 1.54) is 4.57 Å². The molecule has 2 heterocycles. The van der Waals surface area contributed by atoms with Crippen LogP contribution in [0, 0.1) is 13.8 Å². The first kappa shape index (κ1) is 21.7. The number of halogens is 1. The average molecular weight is 429 g/mol. The minimum atomic E-state index is -0.786. The van der Waals surface area contributed by atoms with Crippen LogP contribution in [0.5, 0.6) is 11.5 Å². The van der Waals surface area contributed by atoms with E-state index >= 15 is 0 Å². The standard InChI is InChI=1S/C23H25ClN2O4/c1-5-25-13(3)11-17(27)22(23(25)30)21(15-7-9-16(24)10-8-15)20-14(4)26(6-2)19(29)12-18(20)28/h7-12,21,27-28H,5-6H2,1-4H3. The fourth-order valence-electron chi connectivity index (χ4n) is 4.08. The van der Waals surface area contributed by atoms with Crippen molar-refractivity contribution in [3.05, 3.63) is 90.2 Å². The van der Waals surface area contributed by atoms with Crippen molar-refractivity contribution in [3.8, 4) is 11.5 Å². The largest absolute Gasteiger partial charge is 0.507 e. The molecular formula is C23H25ClN2O4. The summed E-state index contributed by atoms with van der Waals surface area (Å²) in [4.78, 5) is 25.7. The van der Waals surface area contributed by atoms with Gasteiger partial charge >= 0.3 is 0 Å². The second kappa shape index (κ2) is 8.40. The van der Waals surface area contributed by atoms with Gasteiger partial charge in [-0.1, -0.05) is 23.7 Å². The van der Waals surface area contributed by atoms with E-state index in [0.29, 0.717) is 40.6 Å². The molecule has 158 valence electrons. The van der Waals surface area contributed by atoms with Crippen LogP contribution >= 0.6 is 11.6 Å². The third kappa shape index (κ3) is 3.63. The summed E-state index contributed by atoms with van der Waals surface area (Å²) in [5, 5.41) is 22.1. The van der Waals surface area contributed by atoms with E-state index in [0.717, 1.165) is 6.07 Å². The molecule has 6 nitrogen and oxygen atoms in total. The molecule has 0 aliphatic heterocycles. The molecule has 0 aliphatic carbocycles. The van der Waals surface area contributed by atoms with Gasteiger partial charge in [0, 0.05) is 47.0 Å². The normalized spacial score (nSPS) is 12.2. The smallest absolute Gasteiger partial charge is 0.258 e. The number of nitrogens with zero attached hydrogens (tertiary/aromatic N) is 2. The molecule has 0 fully saturated rings. The molecule has 0 amide bonds. The molecule has 3 aromatic rings. The lowest BCUT2D eigenvalue weighted by atomic mass is 9.83. The van der Waals surface area contributed by atoms with Crippen LogP contribution in [-0.2, 0) is 13.1 Å². The van der Waals surface area contributed by atoms with Crippen molar-refractivity contribution >= 4 is 11.6 Å². The topological polar surface area (TPSA) is 84.5 Å². The zero-order valence-electron chi connectivity index (χ0n) is 17.4. The second-order valence-electron chi connectivity index (χ2n) is 7.23. The number of aryl methyl sites for hydroxylation is 1. The van der Waals surface area contributed by atoms with E-state index < -0.39 is 5.92 Å². The highest BCUT2D eigenvalue weighted by Crippen LogP contribution is 2.40. The molecule has 2 aromatic heterocycles. The minimum Gasteiger partial charge on any atom is -0.507 e. The van der Waals surface area contributed by atoms with Gasteiger partial charge in [-0.25, -0.2) is 0 Å². The maximum absolute atomic E-state index is 13.4. The number of hydrogen-bond acceptors (Lipinski definition) is 4. The molecule has 0 aliphatic rings. The van der Waals surface area contributed by atoms with Crippen LogP contribution in [0.1, 0.15) is 47.8 Å². The van der Waals surface area contributed by atoms with Crippen molar-refractivity contribution < 1.29 is 10.2 Å². The van der Waals surface area contributed by atoms with Crippen LogP contribution in [0.2, 0.25) is 5.02 Å². The Morgan fingerprint density at radius 3 is 2.03 bits per heavy atom.